The van der Waals surface area contributed by atoms with E-state index in [4.69, 9.17) is 0 Å². The predicted molar refractivity (Wildman–Crippen MR) is 55.2 cm³/mol. The van der Waals surface area contributed by atoms with Gasteiger partial charge in [-0.25, -0.2) is 4.98 Å². The van der Waals surface area contributed by atoms with Gasteiger partial charge in [0.2, 0.25) is 0 Å². The van der Waals surface area contributed by atoms with Crippen molar-refractivity contribution in [3.8, 4) is 0 Å². The van der Waals surface area contributed by atoms with Crippen LogP contribution in [0.5, 0.6) is 0 Å². The van der Waals surface area contributed by atoms with Crippen molar-refractivity contribution in [3.05, 3.63) is 42.5 Å². The largest absolute Gasteiger partial charge is 0.333 e. The monoisotopic (exact) mass is 199 g/mol. The molecule has 5 heteroatoms. The summed E-state index contributed by atoms with van der Waals surface area (Å²) >= 11 is 0. The number of aromatic amines is 1. The molecule has 0 saturated carbocycles. The van der Waals surface area contributed by atoms with Gasteiger partial charge in [0.05, 0.1) is 11.8 Å². The molecule has 1 N–H and O–H groups in total. The van der Waals surface area contributed by atoms with Crippen LogP contribution in [0.4, 0.5) is 0 Å². The second-order valence-corrected chi connectivity index (χ2v) is 3.40. The Morgan fingerprint density at radius 2 is 2.33 bits per heavy atom. The number of hydrogen-bond acceptors (Lipinski definition) is 3. The SMILES string of the molecule is c1cn(Cc2ccc3nn[nH]c3c2)cn1. The molecule has 0 fully saturated rings. The highest BCUT2D eigenvalue weighted by Crippen LogP contribution is 2.11. The molecule has 2 heterocycles. The smallest absolute Gasteiger partial charge is 0.112 e. The molecule has 1 aromatic carbocycles. The van der Waals surface area contributed by atoms with Gasteiger partial charge >= 0.3 is 0 Å². The topological polar surface area (TPSA) is 59.4 Å². The Labute approximate surface area is 85.8 Å². The molecule has 0 aliphatic rings. The van der Waals surface area contributed by atoms with Gasteiger partial charge in [0, 0.05) is 18.9 Å². The zero-order chi connectivity index (χ0) is 10.1. The highest BCUT2D eigenvalue weighted by atomic mass is 15.3. The van der Waals surface area contributed by atoms with Gasteiger partial charge in [0.25, 0.3) is 0 Å². The van der Waals surface area contributed by atoms with Crippen LogP contribution in [0.3, 0.4) is 0 Å². The Hall–Kier alpha value is -2.17. The number of hydrogen-bond donors (Lipinski definition) is 1. The van der Waals surface area contributed by atoms with E-state index in [1.807, 2.05) is 22.9 Å². The van der Waals surface area contributed by atoms with Gasteiger partial charge in [-0.3, -0.25) is 5.10 Å². The van der Waals surface area contributed by atoms with Gasteiger partial charge in [0.15, 0.2) is 0 Å². The summed E-state index contributed by atoms with van der Waals surface area (Å²) < 4.78 is 2.02. The maximum Gasteiger partial charge on any atom is 0.112 e. The van der Waals surface area contributed by atoms with Crippen LogP contribution in [0.2, 0.25) is 0 Å². The first-order valence-corrected chi connectivity index (χ1v) is 4.67. The fraction of sp³-hybridized carbons (Fsp3) is 0.100. The van der Waals surface area contributed by atoms with Crippen molar-refractivity contribution in [2.75, 3.05) is 0 Å². The maximum absolute atomic E-state index is 4.00. The maximum atomic E-state index is 4.00. The minimum absolute atomic E-state index is 0.814. The Morgan fingerprint density at radius 1 is 1.33 bits per heavy atom. The number of benzene rings is 1. The highest BCUT2D eigenvalue weighted by molar-refractivity contribution is 5.74. The van der Waals surface area contributed by atoms with Crippen LogP contribution in [-0.2, 0) is 6.54 Å². The summed E-state index contributed by atoms with van der Waals surface area (Å²) in [5, 5.41) is 10.5. The zero-order valence-corrected chi connectivity index (χ0v) is 7.96. The van der Waals surface area contributed by atoms with Gasteiger partial charge < -0.3 is 4.57 Å². The molecular weight excluding hydrogens is 190 g/mol. The summed E-state index contributed by atoms with van der Waals surface area (Å²) in [6, 6.07) is 6.06. The van der Waals surface area contributed by atoms with Crippen molar-refractivity contribution in [2.24, 2.45) is 0 Å². The number of nitrogens with zero attached hydrogens (tertiary/aromatic N) is 4. The van der Waals surface area contributed by atoms with E-state index in [-0.39, 0.29) is 0 Å². The van der Waals surface area contributed by atoms with E-state index >= 15 is 0 Å². The third-order valence-corrected chi connectivity index (χ3v) is 2.31. The standard InChI is InChI=1S/C10H9N5/c1-2-9-10(13-14-12-9)5-8(1)6-15-4-3-11-7-15/h1-5,7H,6H2,(H,12,13,14). The molecule has 3 rings (SSSR count). The third kappa shape index (κ3) is 1.48. The van der Waals surface area contributed by atoms with Gasteiger partial charge in [0.1, 0.15) is 5.52 Å². The third-order valence-electron chi connectivity index (χ3n) is 2.31. The van der Waals surface area contributed by atoms with Crippen molar-refractivity contribution >= 4 is 11.0 Å². The van der Waals surface area contributed by atoms with Crippen LogP contribution in [0.25, 0.3) is 11.0 Å². The Balaban J connectivity index is 1.97. The quantitative estimate of drug-likeness (QED) is 0.674. The molecule has 0 aliphatic heterocycles. The lowest BCUT2D eigenvalue weighted by Gasteiger charge is -2.01. The van der Waals surface area contributed by atoms with E-state index in [9.17, 15) is 0 Å². The Kier molecular flexibility index (Phi) is 1.74. The van der Waals surface area contributed by atoms with Crippen molar-refractivity contribution in [3.63, 3.8) is 0 Å². The van der Waals surface area contributed by atoms with Crippen LogP contribution in [0, 0.1) is 0 Å². The summed E-state index contributed by atoms with van der Waals surface area (Å²) in [5.74, 6) is 0. The van der Waals surface area contributed by atoms with Crippen LogP contribution >= 0.6 is 0 Å². The molecule has 0 bridgehead atoms. The van der Waals surface area contributed by atoms with E-state index in [1.165, 1.54) is 5.56 Å². The average Bonchev–Trinajstić information content (AvgIpc) is 2.87. The van der Waals surface area contributed by atoms with Crippen molar-refractivity contribution in [1.29, 1.82) is 0 Å². The van der Waals surface area contributed by atoms with Gasteiger partial charge in [-0.2, -0.15) is 0 Å². The lowest BCUT2D eigenvalue weighted by Crippen LogP contribution is -1.95. The van der Waals surface area contributed by atoms with Crippen LogP contribution < -0.4 is 0 Å². The summed E-state index contributed by atoms with van der Waals surface area (Å²) in [5.41, 5.74) is 3.06. The fourth-order valence-electron chi connectivity index (χ4n) is 1.58. The van der Waals surface area contributed by atoms with Crippen LogP contribution in [0.15, 0.2) is 36.9 Å². The zero-order valence-electron chi connectivity index (χ0n) is 7.96. The van der Waals surface area contributed by atoms with Gasteiger partial charge in [-0.1, -0.05) is 11.3 Å². The van der Waals surface area contributed by atoms with E-state index < -0.39 is 0 Å². The van der Waals surface area contributed by atoms with Crippen molar-refractivity contribution in [1.82, 2.24) is 25.0 Å². The number of rotatable bonds is 2. The first kappa shape index (κ1) is 8.16. The number of imidazole rings is 1. The number of aromatic nitrogens is 5. The second kappa shape index (κ2) is 3.20. The minimum atomic E-state index is 0.814. The van der Waals surface area contributed by atoms with E-state index in [2.05, 4.69) is 26.5 Å². The summed E-state index contributed by atoms with van der Waals surface area (Å²) in [4.78, 5) is 4.00. The van der Waals surface area contributed by atoms with Crippen LogP contribution in [0.1, 0.15) is 5.56 Å². The summed E-state index contributed by atoms with van der Waals surface area (Å²) in [6.07, 6.45) is 5.51. The lowest BCUT2D eigenvalue weighted by molar-refractivity contribution is 0.798. The molecule has 0 amide bonds. The second-order valence-electron chi connectivity index (χ2n) is 3.40. The molecule has 0 spiro atoms. The molecule has 5 nitrogen and oxygen atoms in total. The Bertz CT molecular complexity index is 566. The molecule has 0 saturated heterocycles. The molecule has 0 aliphatic carbocycles. The Morgan fingerprint density at radius 3 is 3.20 bits per heavy atom. The first-order chi connectivity index (χ1) is 7.42. The fourth-order valence-corrected chi connectivity index (χ4v) is 1.58. The van der Waals surface area contributed by atoms with Gasteiger partial charge in [-0.15, -0.1) is 5.10 Å². The molecule has 2 aromatic heterocycles. The lowest BCUT2D eigenvalue weighted by atomic mass is 10.2. The van der Waals surface area contributed by atoms with Crippen molar-refractivity contribution in [2.45, 2.75) is 6.54 Å². The molecule has 0 radical (unpaired) electrons. The number of fused-ring (bicyclic) bond motifs is 1. The molecule has 15 heavy (non-hydrogen) atoms. The molecular formula is C10H9N5. The highest BCUT2D eigenvalue weighted by Gasteiger charge is 1.99. The minimum Gasteiger partial charge on any atom is -0.333 e. The molecule has 0 unspecified atom stereocenters. The van der Waals surface area contributed by atoms with E-state index in [0.717, 1.165) is 17.6 Å². The normalized spacial score (nSPS) is 10.9. The number of nitrogens with one attached hydrogen (secondary N) is 1. The van der Waals surface area contributed by atoms with Crippen LogP contribution in [-0.4, -0.2) is 25.0 Å². The predicted octanol–water partition coefficient (Wildman–Crippen LogP) is 1.20. The first-order valence-electron chi connectivity index (χ1n) is 4.67. The summed E-state index contributed by atoms with van der Waals surface area (Å²) in [6.45, 7) is 0.814. The number of H-pyrrole nitrogens is 1. The van der Waals surface area contributed by atoms with Crippen molar-refractivity contribution < 1.29 is 0 Å². The van der Waals surface area contributed by atoms with E-state index in [1.54, 1.807) is 12.5 Å². The average molecular weight is 199 g/mol. The molecule has 74 valence electrons. The van der Waals surface area contributed by atoms with E-state index in [0.29, 0.717) is 0 Å². The summed E-state index contributed by atoms with van der Waals surface area (Å²) in [7, 11) is 0. The molecule has 0 atom stereocenters. The molecule has 3 aromatic rings. The van der Waals surface area contributed by atoms with Gasteiger partial charge in [-0.05, 0) is 17.7 Å².